The van der Waals surface area contributed by atoms with Crippen molar-refractivity contribution >= 4 is 5.91 Å². The van der Waals surface area contributed by atoms with Gasteiger partial charge >= 0.3 is 0 Å². The number of nitrogens with zero attached hydrogens (tertiary/aromatic N) is 1. The van der Waals surface area contributed by atoms with Crippen LogP contribution in [-0.2, 0) is 14.3 Å². The molecule has 0 fully saturated rings. The van der Waals surface area contributed by atoms with E-state index >= 15 is 0 Å². The predicted octanol–water partition coefficient (Wildman–Crippen LogP) is 2.16. The number of hydrogen-bond acceptors (Lipinski definition) is 4. The van der Waals surface area contributed by atoms with Gasteiger partial charge in [0.2, 0.25) is 6.29 Å². The number of aliphatic hydroxyl groups is 1. The van der Waals surface area contributed by atoms with E-state index in [4.69, 9.17) is 14.6 Å². The van der Waals surface area contributed by atoms with Crippen LogP contribution in [0.1, 0.15) is 40.0 Å². The maximum absolute atomic E-state index is 12.1. The molecule has 0 unspecified atom stereocenters. The van der Waals surface area contributed by atoms with Crippen molar-refractivity contribution in [3.8, 4) is 0 Å². The summed E-state index contributed by atoms with van der Waals surface area (Å²) < 4.78 is 11.4. The van der Waals surface area contributed by atoms with Gasteiger partial charge in [-0.25, -0.2) is 0 Å². The quantitative estimate of drug-likeness (QED) is 0.764. The molecular formula is C16H29NO4. The molecule has 0 radical (unpaired) electrons. The minimum absolute atomic E-state index is 0.0499. The molecule has 0 saturated heterocycles. The summed E-state index contributed by atoms with van der Waals surface area (Å²) >= 11 is 0. The van der Waals surface area contributed by atoms with Gasteiger partial charge in [-0.3, -0.25) is 4.79 Å². The van der Waals surface area contributed by atoms with Gasteiger partial charge in [-0.2, -0.15) is 0 Å². The summed E-state index contributed by atoms with van der Waals surface area (Å²) in [6.45, 7) is 7.16. The summed E-state index contributed by atoms with van der Waals surface area (Å²) in [5, 5.41) is 8.78. The van der Waals surface area contributed by atoms with Crippen LogP contribution in [-0.4, -0.2) is 49.5 Å². The van der Waals surface area contributed by atoms with Gasteiger partial charge in [0.25, 0.3) is 5.91 Å². The number of rotatable bonds is 6. The van der Waals surface area contributed by atoms with Crippen molar-refractivity contribution < 1.29 is 19.4 Å². The average molecular weight is 299 g/mol. The molecule has 5 nitrogen and oxygen atoms in total. The van der Waals surface area contributed by atoms with Crippen molar-refractivity contribution in [2.75, 3.05) is 27.3 Å². The third kappa shape index (κ3) is 5.67. The lowest BCUT2D eigenvalue weighted by molar-refractivity contribution is -0.157. The van der Waals surface area contributed by atoms with E-state index in [9.17, 15) is 4.79 Å². The van der Waals surface area contributed by atoms with Crippen molar-refractivity contribution in [1.29, 1.82) is 0 Å². The van der Waals surface area contributed by atoms with E-state index in [0.29, 0.717) is 12.4 Å². The number of hydrogen-bond donors (Lipinski definition) is 1. The maximum Gasteiger partial charge on any atom is 0.288 e. The molecule has 0 aromatic heterocycles. The molecule has 1 heterocycles. The Kier molecular flexibility index (Phi) is 6.68. The second-order valence-corrected chi connectivity index (χ2v) is 6.79. The summed E-state index contributed by atoms with van der Waals surface area (Å²) in [4.78, 5) is 13.6. The lowest BCUT2D eigenvalue weighted by atomic mass is 9.77. The number of amides is 1. The van der Waals surface area contributed by atoms with Gasteiger partial charge in [-0.1, -0.05) is 20.8 Å². The summed E-state index contributed by atoms with van der Waals surface area (Å²) in [5.74, 6) is 0.472. The fraction of sp³-hybridized carbons (Fsp3) is 0.812. The third-order valence-corrected chi connectivity index (χ3v) is 3.64. The van der Waals surface area contributed by atoms with Gasteiger partial charge in [0.05, 0.1) is 6.61 Å². The van der Waals surface area contributed by atoms with Crippen molar-refractivity contribution in [1.82, 2.24) is 4.90 Å². The van der Waals surface area contributed by atoms with E-state index in [0.717, 1.165) is 19.3 Å². The van der Waals surface area contributed by atoms with E-state index in [1.807, 2.05) is 6.08 Å². The molecule has 1 rings (SSSR count). The zero-order chi connectivity index (χ0) is 16.0. The minimum Gasteiger partial charge on any atom is -0.459 e. The molecular weight excluding hydrogens is 270 g/mol. The highest BCUT2D eigenvalue weighted by molar-refractivity contribution is 5.91. The molecule has 21 heavy (non-hydrogen) atoms. The van der Waals surface area contributed by atoms with Gasteiger partial charge in [0, 0.05) is 27.1 Å². The number of ether oxygens (including phenoxy) is 2. The van der Waals surface area contributed by atoms with E-state index in [-0.39, 0.29) is 23.8 Å². The Labute approximate surface area is 127 Å². The van der Waals surface area contributed by atoms with Crippen LogP contribution < -0.4 is 0 Å². The normalized spacial score (nSPS) is 22.5. The monoisotopic (exact) mass is 299 g/mol. The number of likely N-dealkylation sites (N-methyl/N-ethyl adjacent to an activating group) is 1. The number of aliphatic hydroxyl groups excluding tert-OH is 1. The Balaban J connectivity index is 2.73. The molecule has 1 amide bonds. The molecule has 5 heteroatoms. The first kappa shape index (κ1) is 18.0. The lowest BCUT2D eigenvalue weighted by Gasteiger charge is -2.36. The largest absolute Gasteiger partial charge is 0.459 e. The van der Waals surface area contributed by atoms with E-state index in [1.54, 1.807) is 14.1 Å². The highest BCUT2D eigenvalue weighted by Crippen LogP contribution is 2.36. The van der Waals surface area contributed by atoms with E-state index in [2.05, 4.69) is 20.8 Å². The molecule has 1 N–H and O–H groups in total. The van der Waals surface area contributed by atoms with E-state index < -0.39 is 6.29 Å². The highest BCUT2D eigenvalue weighted by atomic mass is 16.7. The highest BCUT2D eigenvalue weighted by Gasteiger charge is 2.34. The average Bonchev–Trinajstić information content (AvgIpc) is 2.41. The minimum atomic E-state index is -0.392. The maximum atomic E-state index is 12.1. The van der Waals surface area contributed by atoms with Crippen LogP contribution in [0.15, 0.2) is 11.8 Å². The Hall–Kier alpha value is -1.07. The van der Waals surface area contributed by atoms with Crippen molar-refractivity contribution in [2.45, 2.75) is 46.3 Å². The Morgan fingerprint density at radius 1 is 1.43 bits per heavy atom. The summed E-state index contributed by atoms with van der Waals surface area (Å²) in [6, 6.07) is 0. The van der Waals surface area contributed by atoms with Gasteiger partial charge in [-0.15, -0.1) is 0 Å². The van der Waals surface area contributed by atoms with Crippen molar-refractivity contribution in [3.63, 3.8) is 0 Å². The SMILES string of the molecule is CN(C)C(=O)C1=C[C@@H](C(C)(C)C)C[C@@H](OCCCCO)O1. The Morgan fingerprint density at radius 3 is 2.62 bits per heavy atom. The Morgan fingerprint density at radius 2 is 2.10 bits per heavy atom. The molecule has 0 spiro atoms. The van der Waals surface area contributed by atoms with Gasteiger partial charge in [-0.05, 0) is 30.3 Å². The molecule has 122 valence electrons. The zero-order valence-corrected chi connectivity index (χ0v) is 13.9. The van der Waals surface area contributed by atoms with Crippen molar-refractivity contribution in [3.05, 3.63) is 11.8 Å². The molecule has 0 aliphatic carbocycles. The summed E-state index contributed by atoms with van der Waals surface area (Å²) in [5.41, 5.74) is 0.0499. The first-order valence-electron chi connectivity index (χ1n) is 7.58. The van der Waals surface area contributed by atoms with E-state index in [1.165, 1.54) is 4.90 Å². The zero-order valence-electron chi connectivity index (χ0n) is 13.9. The Bertz CT molecular complexity index is 371. The molecule has 0 aromatic rings. The van der Waals surface area contributed by atoms with Gasteiger partial charge < -0.3 is 19.5 Å². The smallest absolute Gasteiger partial charge is 0.288 e. The second-order valence-electron chi connectivity index (χ2n) is 6.79. The predicted molar refractivity (Wildman–Crippen MR) is 81.5 cm³/mol. The standard InChI is InChI=1S/C16H29NO4/c1-16(2,3)12-10-13(15(19)17(4)5)21-14(11-12)20-9-7-6-8-18/h10,12,14,18H,6-9,11H2,1-5H3/t12-,14+/m1/s1. The van der Waals surface area contributed by atoms with Crippen molar-refractivity contribution in [2.24, 2.45) is 11.3 Å². The molecule has 0 aromatic carbocycles. The van der Waals surface area contributed by atoms with Crippen LogP contribution in [0.2, 0.25) is 0 Å². The molecule has 1 aliphatic rings. The number of unbranched alkanes of at least 4 members (excludes halogenated alkanes) is 1. The summed E-state index contributed by atoms with van der Waals surface area (Å²) in [6.07, 6.45) is 3.78. The van der Waals surface area contributed by atoms with Crippen LogP contribution in [0.3, 0.4) is 0 Å². The summed E-state index contributed by atoms with van der Waals surface area (Å²) in [7, 11) is 3.43. The van der Waals surface area contributed by atoms with Gasteiger partial charge in [0.1, 0.15) is 0 Å². The van der Waals surface area contributed by atoms with Crippen LogP contribution >= 0.6 is 0 Å². The number of carbonyl (C=O) groups excluding carboxylic acids is 1. The first-order chi connectivity index (χ1) is 9.75. The topological polar surface area (TPSA) is 59.0 Å². The molecule has 0 saturated carbocycles. The molecule has 2 atom stereocenters. The van der Waals surface area contributed by atoms with Gasteiger partial charge in [0.15, 0.2) is 5.76 Å². The number of allylic oxidation sites excluding steroid dienone is 1. The first-order valence-corrected chi connectivity index (χ1v) is 7.58. The van der Waals surface area contributed by atoms with Crippen LogP contribution in [0.25, 0.3) is 0 Å². The second kappa shape index (κ2) is 7.80. The van der Waals surface area contributed by atoms with Crippen LogP contribution in [0.5, 0.6) is 0 Å². The lowest BCUT2D eigenvalue weighted by Crippen LogP contribution is -2.36. The molecule has 1 aliphatic heterocycles. The van der Waals surface area contributed by atoms with Crippen LogP contribution in [0, 0.1) is 11.3 Å². The fourth-order valence-electron chi connectivity index (χ4n) is 2.16. The fourth-order valence-corrected chi connectivity index (χ4v) is 2.16. The number of carbonyl (C=O) groups is 1. The van der Waals surface area contributed by atoms with Crippen LogP contribution in [0.4, 0.5) is 0 Å². The molecule has 0 bridgehead atoms. The third-order valence-electron chi connectivity index (χ3n) is 3.64.